The smallest absolute Gasteiger partial charge is 0.416 e. The van der Waals surface area contributed by atoms with E-state index in [2.05, 4.69) is 5.32 Å². The minimum Gasteiger partial charge on any atom is -0.462 e. The second kappa shape index (κ2) is 7.51. The van der Waals surface area contributed by atoms with Crippen LogP contribution in [0.4, 0.5) is 24.5 Å². The number of rotatable bonds is 4. The third kappa shape index (κ3) is 3.94. The zero-order valence-electron chi connectivity index (χ0n) is 14.6. The predicted molar refractivity (Wildman–Crippen MR) is 102 cm³/mol. The molecule has 28 heavy (non-hydrogen) atoms. The molecule has 0 radical (unpaired) electrons. The Morgan fingerprint density at radius 3 is 2.43 bits per heavy atom. The van der Waals surface area contributed by atoms with Crippen LogP contribution in [0.5, 0.6) is 0 Å². The lowest BCUT2D eigenvalue weighted by Crippen LogP contribution is -2.15. The molecule has 3 N–H and O–H groups in total. The third-order valence-corrected chi connectivity index (χ3v) is 5.04. The number of amides is 1. The van der Waals surface area contributed by atoms with Crippen LogP contribution in [0.3, 0.4) is 0 Å². The number of anilines is 2. The first-order valence-corrected chi connectivity index (χ1v) is 9.00. The van der Waals surface area contributed by atoms with Crippen molar-refractivity contribution in [1.82, 2.24) is 0 Å². The summed E-state index contributed by atoms with van der Waals surface area (Å²) >= 11 is 1.13. The molecule has 146 valence electrons. The molecule has 0 aliphatic heterocycles. The summed E-state index contributed by atoms with van der Waals surface area (Å²) in [6.07, 6.45) is -4.49. The summed E-state index contributed by atoms with van der Waals surface area (Å²) in [5, 5.41) is 3.16. The lowest BCUT2D eigenvalue weighted by Gasteiger charge is -2.09. The quantitative estimate of drug-likeness (QED) is 0.474. The summed E-state index contributed by atoms with van der Waals surface area (Å²) in [5.74, 6) is -1.26. The molecule has 0 unspecified atom stereocenters. The molecule has 5 nitrogen and oxygen atoms in total. The second-order valence-corrected chi connectivity index (χ2v) is 6.86. The largest absolute Gasteiger partial charge is 0.462 e. The van der Waals surface area contributed by atoms with Crippen molar-refractivity contribution in [1.29, 1.82) is 0 Å². The Morgan fingerprint density at radius 1 is 1.14 bits per heavy atom. The molecular weight excluding hydrogens is 393 g/mol. The molecule has 1 heterocycles. The first-order valence-electron chi connectivity index (χ1n) is 8.18. The fourth-order valence-electron chi connectivity index (χ4n) is 2.58. The normalized spacial score (nSPS) is 11.4. The number of nitrogen functional groups attached to an aromatic ring is 1. The number of carbonyl (C=O) groups excluding carboxylic acids is 2. The zero-order chi connectivity index (χ0) is 20.5. The van der Waals surface area contributed by atoms with Crippen molar-refractivity contribution in [2.75, 3.05) is 17.7 Å². The molecule has 0 spiro atoms. The van der Waals surface area contributed by atoms with Gasteiger partial charge in [-0.25, -0.2) is 4.79 Å². The molecule has 0 saturated carbocycles. The molecular formula is C19H15F3N2O3S. The van der Waals surface area contributed by atoms with Gasteiger partial charge in [0, 0.05) is 21.3 Å². The number of nitrogens with two attached hydrogens (primary N) is 1. The van der Waals surface area contributed by atoms with E-state index in [1.165, 1.54) is 0 Å². The van der Waals surface area contributed by atoms with E-state index in [0.29, 0.717) is 15.8 Å². The van der Waals surface area contributed by atoms with Crippen molar-refractivity contribution in [3.63, 3.8) is 0 Å². The number of halogens is 3. The summed E-state index contributed by atoms with van der Waals surface area (Å²) < 4.78 is 43.8. The lowest BCUT2D eigenvalue weighted by atomic mass is 10.1. The van der Waals surface area contributed by atoms with E-state index in [0.717, 1.165) is 35.6 Å². The van der Waals surface area contributed by atoms with Crippen LogP contribution in [0, 0.1) is 0 Å². The SMILES string of the molecule is CCOC(=O)c1sc2ccc(N)cc2c1NC(=O)c1ccc(C(F)(F)F)cc1. The van der Waals surface area contributed by atoms with Gasteiger partial charge in [0.05, 0.1) is 17.9 Å². The minimum atomic E-state index is -4.49. The van der Waals surface area contributed by atoms with Crippen molar-refractivity contribution in [3.8, 4) is 0 Å². The standard InChI is InChI=1S/C19H15F3N2O3S/c1-2-27-18(26)16-15(13-9-12(23)7-8-14(13)28-16)24-17(25)10-3-5-11(6-4-10)19(20,21)22/h3-9H,2,23H2,1H3,(H,24,25). The van der Waals surface area contributed by atoms with Crippen LogP contribution >= 0.6 is 11.3 Å². The maximum atomic E-state index is 12.7. The fourth-order valence-corrected chi connectivity index (χ4v) is 3.61. The Hall–Kier alpha value is -3.07. The molecule has 1 amide bonds. The van der Waals surface area contributed by atoms with Gasteiger partial charge in [0.1, 0.15) is 4.88 Å². The first-order chi connectivity index (χ1) is 13.2. The fraction of sp³-hybridized carbons (Fsp3) is 0.158. The number of nitrogens with one attached hydrogen (secondary N) is 1. The molecule has 9 heteroatoms. The number of esters is 1. The Balaban J connectivity index is 1.98. The Labute approximate surface area is 161 Å². The average molecular weight is 408 g/mol. The van der Waals surface area contributed by atoms with Crippen molar-refractivity contribution in [2.45, 2.75) is 13.1 Å². The summed E-state index contributed by atoms with van der Waals surface area (Å²) in [6.45, 7) is 1.81. The van der Waals surface area contributed by atoms with Gasteiger partial charge in [-0.05, 0) is 49.4 Å². The summed E-state index contributed by atoms with van der Waals surface area (Å²) in [7, 11) is 0. The van der Waals surface area contributed by atoms with E-state index >= 15 is 0 Å². The summed E-state index contributed by atoms with van der Waals surface area (Å²) in [5.41, 5.74) is 5.62. The highest BCUT2D eigenvalue weighted by Crippen LogP contribution is 2.38. The van der Waals surface area contributed by atoms with Gasteiger partial charge in [-0.2, -0.15) is 13.2 Å². The first kappa shape index (κ1) is 19.7. The average Bonchev–Trinajstić information content (AvgIpc) is 2.99. The molecule has 2 aromatic carbocycles. The van der Waals surface area contributed by atoms with Crippen molar-refractivity contribution < 1.29 is 27.5 Å². The number of hydrogen-bond donors (Lipinski definition) is 2. The molecule has 0 bridgehead atoms. The van der Waals surface area contributed by atoms with Crippen LogP contribution in [-0.4, -0.2) is 18.5 Å². The number of thiophene rings is 1. The molecule has 1 aromatic heterocycles. The number of ether oxygens (including phenoxy) is 1. The van der Waals surface area contributed by atoms with Crippen LogP contribution in [0.15, 0.2) is 42.5 Å². The highest BCUT2D eigenvalue weighted by atomic mass is 32.1. The van der Waals surface area contributed by atoms with Gasteiger partial charge in [0.15, 0.2) is 0 Å². The monoisotopic (exact) mass is 408 g/mol. The van der Waals surface area contributed by atoms with Crippen LogP contribution in [-0.2, 0) is 10.9 Å². The highest BCUT2D eigenvalue weighted by Gasteiger charge is 2.30. The lowest BCUT2D eigenvalue weighted by molar-refractivity contribution is -0.137. The van der Waals surface area contributed by atoms with Gasteiger partial charge < -0.3 is 15.8 Å². The molecule has 0 saturated heterocycles. The maximum Gasteiger partial charge on any atom is 0.416 e. The number of hydrogen-bond acceptors (Lipinski definition) is 5. The summed E-state index contributed by atoms with van der Waals surface area (Å²) in [4.78, 5) is 25.0. The van der Waals surface area contributed by atoms with Gasteiger partial charge in [-0.15, -0.1) is 11.3 Å². The minimum absolute atomic E-state index is 0.0195. The van der Waals surface area contributed by atoms with Crippen LogP contribution in [0.2, 0.25) is 0 Å². The van der Waals surface area contributed by atoms with E-state index in [4.69, 9.17) is 10.5 Å². The van der Waals surface area contributed by atoms with Crippen molar-refractivity contribution in [3.05, 3.63) is 58.5 Å². The molecule has 0 aliphatic carbocycles. The number of alkyl halides is 3. The van der Waals surface area contributed by atoms with E-state index in [1.807, 2.05) is 0 Å². The van der Waals surface area contributed by atoms with Gasteiger partial charge in [0.25, 0.3) is 5.91 Å². The van der Waals surface area contributed by atoms with Gasteiger partial charge in [0.2, 0.25) is 0 Å². The summed E-state index contributed by atoms with van der Waals surface area (Å²) in [6, 6.07) is 8.78. The Bertz CT molecular complexity index is 1040. The molecule has 0 aliphatic rings. The van der Waals surface area contributed by atoms with Crippen LogP contribution in [0.1, 0.15) is 32.5 Å². The van der Waals surface area contributed by atoms with Crippen LogP contribution < -0.4 is 11.1 Å². The van der Waals surface area contributed by atoms with Crippen LogP contribution in [0.25, 0.3) is 10.1 Å². The third-order valence-electron chi connectivity index (χ3n) is 3.89. The molecule has 0 fully saturated rings. The molecule has 0 atom stereocenters. The van der Waals surface area contributed by atoms with E-state index in [9.17, 15) is 22.8 Å². The van der Waals surface area contributed by atoms with E-state index in [-0.39, 0.29) is 22.7 Å². The van der Waals surface area contributed by atoms with Gasteiger partial charge >= 0.3 is 12.1 Å². The van der Waals surface area contributed by atoms with Crippen molar-refractivity contribution in [2.24, 2.45) is 0 Å². The number of fused-ring (bicyclic) bond motifs is 1. The maximum absolute atomic E-state index is 12.7. The topological polar surface area (TPSA) is 81.4 Å². The Morgan fingerprint density at radius 2 is 1.82 bits per heavy atom. The van der Waals surface area contributed by atoms with Gasteiger partial charge in [-0.3, -0.25) is 4.79 Å². The predicted octanol–water partition coefficient (Wildman–Crippen LogP) is 4.93. The Kier molecular flexibility index (Phi) is 5.28. The van der Waals surface area contributed by atoms with E-state index < -0.39 is 23.6 Å². The molecule has 3 aromatic rings. The zero-order valence-corrected chi connectivity index (χ0v) is 15.4. The van der Waals surface area contributed by atoms with Gasteiger partial charge in [-0.1, -0.05) is 0 Å². The highest BCUT2D eigenvalue weighted by molar-refractivity contribution is 7.21. The molecule has 3 rings (SSSR count). The second-order valence-electron chi connectivity index (χ2n) is 5.81. The van der Waals surface area contributed by atoms with Crippen molar-refractivity contribution >= 4 is 44.7 Å². The number of benzene rings is 2. The van der Waals surface area contributed by atoms with E-state index in [1.54, 1.807) is 25.1 Å². The number of carbonyl (C=O) groups is 2.